The summed E-state index contributed by atoms with van der Waals surface area (Å²) in [6, 6.07) is 12.3. The SMILES string of the molecule is CC1CCC2(CC1)NC(=O)N(CC(=O)OCC(=O)c1ccc3ccccc3c1)C2=O. The number of urea groups is 1. The van der Waals surface area contributed by atoms with Crippen LogP contribution in [0, 0.1) is 5.92 Å². The van der Waals surface area contributed by atoms with E-state index in [0.29, 0.717) is 24.3 Å². The van der Waals surface area contributed by atoms with Crippen molar-refractivity contribution in [1.82, 2.24) is 10.2 Å². The maximum absolute atomic E-state index is 12.8. The predicted molar refractivity (Wildman–Crippen MR) is 110 cm³/mol. The van der Waals surface area contributed by atoms with E-state index in [9.17, 15) is 19.2 Å². The van der Waals surface area contributed by atoms with Gasteiger partial charge in [-0.3, -0.25) is 19.3 Å². The van der Waals surface area contributed by atoms with Gasteiger partial charge in [0.25, 0.3) is 5.91 Å². The Hall–Kier alpha value is -3.22. The minimum atomic E-state index is -0.898. The van der Waals surface area contributed by atoms with Crippen LogP contribution in [0.4, 0.5) is 4.79 Å². The summed E-state index contributed by atoms with van der Waals surface area (Å²) in [5, 5.41) is 4.69. The number of carbonyl (C=O) groups excluding carboxylic acids is 4. The molecule has 0 unspecified atom stereocenters. The number of amides is 3. The summed E-state index contributed by atoms with van der Waals surface area (Å²) in [4.78, 5) is 50.6. The maximum atomic E-state index is 12.8. The minimum Gasteiger partial charge on any atom is -0.456 e. The number of nitrogens with zero attached hydrogens (tertiary/aromatic N) is 1. The molecule has 0 aromatic heterocycles. The summed E-state index contributed by atoms with van der Waals surface area (Å²) in [6.07, 6.45) is 2.85. The molecule has 1 aliphatic carbocycles. The van der Waals surface area contributed by atoms with Crippen LogP contribution in [0.5, 0.6) is 0 Å². The molecular formula is C23H24N2O5. The Morgan fingerprint density at radius 2 is 1.80 bits per heavy atom. The molecule has 1 N–H and O–H groups in total. The number of benzene rings is 2. The van der Waals surface area contributed by atoms with Gasteiger partial charge in [0.1, 0.15) is 12.1 Å². The molecule has 2 aliphatic rings. The first-order chi connectivity index (χ1) is 14.4. The Kier molecular flexibility index (Phi) is 5.28. The molecule has 0 bridgehead atoms. The van der Waals surface area contributed by atoms with Crippen LogP contribution < -0.4 is 5.32 Å². The van der Waals surface area contributed by atoms with Gasteiger partial charge in [0.15, 0.2) is 12.4 Å². The van der Waals surface area contributed by atoms with E-state index in [1.54, 1.807) is 12.1 Å². The predicted octanol–water partition coefficient (Wildman–Crippen LogP) is 3.07. The maximum Gasteiger partial charge on any atom is 0.326 e. The molecule has 1 saturated carbocycles. The van der Waals surface area contributed by atoms with Gasteiger partial charge in [0, 0.05) is 5.56 Å². The van der Waals surface area contributed by atoms with Gasteiger partial charge in [0.05, 0.1) is 0 Å². The second kappa shape index (κ2) is 7.89. The van der Waals surface area contributed by atoms with Crippen molar-refractivity contribution in [3.05, 3.63) is 48.0 Å². The van der Waals surface area contributed by atoms with E-state index in [0.717, 1.165) is 28.5 Å². The van der Waals surface area contributed by atoms with Crippen LogP contribution in [0.25, 0.3) is 10.8 Å². The van der Waals surface area contributed by atoms with Crippen molar-refractivity contribution in [2.24, 2.45) is 5.92 Å². The molecule has 1 saturated heterocycles. The van der Waals surface area contributed by atoms with E-state index in [2.05, 4.69) is 12.2 Å². The lowest BCUT2D eigenvalue weighted by atomic mass is 9.77. The second-order valence-electron chi connectivity index (χ2n) is 8.23. The first kappa shape index (κ1) is 20.1. The number of fused-ring (bicyclic) bond motifs is 1. The lowest BCUT2D eigenvalue weighted by Gasteiger charge is -2.33. The number of imide groups is 1. The van der Waals surface area contributed by atoms with Crippen LogP contribution in [0.15, 0.2) is 42.5 Å². The average molecular weight is 408 g/mol. The molecule has 2 aromatic rings. The van der Waals surface area contributed by atoms with E-state index < -0.39 is 30.7 Å². The number of rotatable bonds is 5. The first-order valence-electron chi connectivity index (χ1n) is 10.2. The third-order valence-corrected chi connectivity index (χ3v) is 6.10. The molecule has 1 aliphatic heterocycles. The topological polar surface area (TPSA) is 92.8 Å². The number of esters is 1. The molecule has 3 amide bonds. The smallest absolute Gasteiger partial charge is 0.326 e. The number of hydrogen-bond acceptors (Lipinski definition) is 5. The molecule has 2 fully saturated rings. The first-order valence-corrected chi connectivity index (χ1v) is 10.2. The summed E-state index contributed by atoms with van der Waals surface area (Å²) < 4.78 is 5.06. The normalized spacial score (nSPS) is 23.6. The molecule has 0 atom stereocenters. The molecule has 7 nitrogen and oxygen atoms in total. The summed E-state index contributed by atoms with van der Waals surface area (Å²) in [6.45, 7) is 1.19. The van der Waals surface area contributed by atoms with Crippen molar-refractivity contribution in [3.8, 4) is 0 Å². The van der Waals surface area contributed by atoms with Crippen LogP contribution >= 0.6 is 0 Å². The molecule has 1 spiro atoms. The third-order valence-electron chi connectivity index (χ3n) is 6.10. The van der Waals surface area contributed by atoms with Crippen molar-refractivity contribution in [2.45, 2.75) is 38.1 Å². The monoisotopic (exact) mass is 408 g/mol. The van der Waals surface area contributed by atoms with Gasteiger partial charge in [0.2, 0.25) is 0 Å². The number of hydrogen-bond donors (Lipinski definition) is 1. The van der Waals surface area contributed by atoms with E-state index in [1.165, 1.54) is 0 Å². The molecule has 156 valence electrons. The number of nitrogens with one attached hydrogen (secondary N) is 1. The van der Waals surface area contributed by atoms with Crippen molar-refractivity contribution >= 4 is 34.5 Å². The third kappa shape index (κ3) is 3.79. The van der Waals surface area contributed by atoms with Gasteiger partial charge in [-0.05, 0) is 48.4 Å². The lowest BCUT2D eigenvalue weighted by Crippen LogP contribution is -2.49. The van der Waals surface area contributed by atoms with E-state index in [4.69, 9.17) is 4.74 Å². The number of ketones is 1. The molecule has 1 heterocycles. The van der Waals surface area contributed by atoms with Gasteiger partial charge >= 0.3 is 12.0 Å². The number of carbonyl (C=O) groups is 4. The Labute approximate surface area is 174 Å². The van der Waals surface area contributed by atoms with E-state index in [1.807, 2.05) is 30.3 Å². The van der Waals surface area contributed by atoms with Crippen LogP contribution in [0.1, 0.15) is 43.0 Å². The summed E-state index contributed by atoms with van der Waals surface area (Å²) in [5.74, 6) is -0.990. The summed E-state index contributed by atoms with van der Waals surface area (Å²) in [5.41, 5.74) is -0.461. The van der Waals surface area contributed by atoms with Crippen LogP contribution in [0.2, 0.25) is 0 Å². The van der Waals surface area contributed by atoms with Gasteiger partial charge < -0.3 is 10.1 Å². The zero-order valence-electron chi connectivity index (χ0n) is 16.8. The zero-order valence-corrected chi connectivity index (χ0v) is 16.8. The van der Waals surface area contributed by atoms with Crippen molar-refractivity contribution in [2.75, 3.05) is 13.2 Å². The van der Waals surface area contributed by atoms with Crippen molar-refractivity contribution < 1.29 is 23.9 Å². The van der Waals surface area contributed by atoms with Crippen LogP contribution in [-0.4, -0.2) is 47.3 Å². The minimum absolute atomic E-state index is 0.343. The van der Waals surface area contributed by atoms with E-state index >= 15 is 0 Å². The summed E-state index contributed by atoms with van der Waals surface area (Å²) in [7, 11) is 0. The highest BCUT2D eigenvalue weighted by molar-refractivity contribution is 6.09. The second-order valence-corrected chi connectivity index (χ2v) is 8.23. The van der Waals surface area contributed by atoms with Gasteiger partial charge in [-0.15, -0.1) is 0 Å². The zero-order chi connectivity index (χ0) is 21.3. The standard InChI is InChI=1S/C23H24N2O5/c1-15-8-10-23(11-9-15)21(28)25(22(29)24-23)13-20(27)30-14-19(26)18-7-6-16-4-2-3-5-17(16)12-18/h2-7,12,15H,8-11,13-14H2,1H3,(H,24,29). The fourth-order valence-corrected chi connectivity index (χ4v) is 4.18. The molecule has 30 heavy (non-hydrogen) atoms. The Bertz CT molecular complexity index is 1020. The van der Waals surface area contributed by atoms with Gasteiger partial charge in [-0.25, -0.2) is 4.79 Å². The van der Waals surface area contributed by atoms with Crippen LogP contribution in [0.3, 0.4) is 0 Å². The Morgan fingerprint density at radius 1 is 1.10 bits per heavy atom. The fourth-order valence-electron chi connectivity index (χ4n) is 4.18. The fraction of sp³-hybridized carbons (Fsp3) is 0.391. The molecule has 2 aromatic carbocycles. The molecule has 7 heteroatoms. The molecule has 4 rings (SSSR count). The Balaban J connectivity index is 1.34. The van der Waals surface area contributed by atoms with Gasteiger partial charge in [-0.1, -0.05) is 43.3 Å². The highest BCUT2D eigenvalue weighted by Gasteiger charge is 2.52. The highest BCUT2D eigenvalue weighted by atomic mass is 16.5. The van der Waals surface area contributed by atoms with Crippen LogP contribution in [-0.2, 0) is 14.3 Å². The van der Waals surface area contributed by atoms with E-state index in [-0.39, 0.29) is 11.7 Å². The number of ether oxygens (including phenoxy) is 1. The quantitative estimate of drug-likeness (QED) is 0.466. The highest BCUT2D eigenvalue weighted by Crippen LogP contribution is 2.36. The van der Waals surface area contributed by atoms with Gasteiger partial charge in [-0.2, -0.15) is 0 Å². The van der Waals surface area contributed by atoms with Crippen molar-refractivity contribution in [1.29, 1.82) is 0 Å². The number of Topliss-reactive ketones (excluding diaryl/α,β-unsaturated/α-hetero) is 1. The average Bonchev–Trinajstić information content (AvgIpc) is 2.98. The molecule has 0 radical (unpaired) electrons. The molecular weight excluding hydrogens is 384 g/mol. The summed E-state index contributed by atoms with van der Waals surface area (Å²) >= 11 is 0. The lowest BCUT2D eigenvalue weighted by molar-refractivity contribution is -0.147. The Morgan fingerprint density at radius 3 is 2.53 bits per heavy atom. The largest absolute Gasteiger partial charge is 0.456 e. The van der Waals surface area contributed by atoms with Crippen molar-refractivity contribution in [3.63, 3.8) is 0 Å².